The van der Waals surface area contributed by atoms with Gasteiger partial charge in [0, 0.05) is 18.3 Å². The molecule has 7 heteroatoms. The molecule has 5 nitrogen and oxygen atoms in total. The first kappa shape index (κ1) is 18.9. The van der Waals surface area contributed by atoms with Gasteiger partial charge in [-0.25, -0.2) is 4.39 Å². The van der Waals surface area contributed by atoms with Crippen molar-refractivity contribution < 1.29 is 18.9 Å². The summed E-state index contributed by atoms with van der Waals surface area (Å²) >= 11 is 6.01. The first-order chi connectivity index (χ1) is 11.8. The maximum absolute atomic E-state index is 13.8. The van der Waals surface area contributed by atoms with Crippen molar-refractivity contribution in [2.75, 3.05) is 24.2 Å². The van der Waals surface area contributed by atoms with E-state index < -0.39 is 0 Å². The highest BCUT2D eigenvalue weighted by molar-refractivity contribution is 6.31. The number of anilines is 2. The van der Waals surface area contributed by atoms with Crippen LogP contribution in [0.2, 0.25) is 5.02 Å². The van der Waals surface area contributed by atoms with E-state index in [1.807, 2.05) is 0 Å². The molecular formula is C18H20ClFN3O2+. The molecule has 2 rings (SSSR count). The second kappa shape index (κ2) is 8.60. The molecule has 0 aliphatic carbocycles. The Hall–Kier alpha value is -2.44. The average Bonchev–Trinajstić information content (AvgIpc) is 2.52. The minimum absolute atomic E-state index is 0.159. The molecule has 1 atom stereocenters. The molecule has 2 aromatic rings. The smallest absolute Gasteiger partial charge is 0.279 e. The molecule has 3 N–H and O–H groups in total. The summed E-state index contributed by atoms with van der Waals surface area (Å²) in [5, 5.41) is 5.78. The van der Waals surface area contributed by atoms with Gasteiger partial charge in [-0.15, -0.1) is 0 Å². The minimum atomic E-state index is -0.374. The molecule has 0 aliphatic rings. The molecule has 0 fully saturated rings. The van der Waals surface area contributed by atoms with Crippen LogP contribution >= 0.6 is 11.6 Å². The standard InChI is InChI=1S/C18H19ClFN3O2/c1-12(24)21-13-6-8-14(9-7-13)22-18(25)11-23(2)10-15-16(19)4-3-5-17(15)20/h3-9H,10-11H2,1-2H3,(H,21,24)(H,22,25)/p+1. The zero-order valence-corrected chi connectivity index (χ0v) is 14.8. The van der Waals surface area contributed by atoms with Gasteiger partial charge < -0.3 is 15.5 Å². The van der Waals surface area contributed by atoms with E-state index in [0.717, 1.165) is 4.90 Å². The summed E-state index contributed by atoms with van der Waals surface area (Å²) in [6, 6.07) is 11.3. The van der Waals surface area contributed by atoms with Crippen molar-refractivity contribution in [3.63, 3.8) is 0 Å². The number of carbonyl (C=O) groups is 2. The minimum Gasteiger partial charge on any atom is -0.326 e. The lowest BCUT2D eigenvalue weighted by atomic mass is 10.2. The van der Waals surface area contributed by atoms with E-state index >= 15 is 0 Å². The number of carbonyl (C=O) groups excluding carboxylic acids is 2. The number of hydrogen-bond acceptors (Lipinski definition) is 2. The lowest BCUT2D eigenvalue weighted by molar-refractivity contribution is -0.885. The van der Waals surface area contributed by atoms with Gasteiger partial charge in [-0.3, -0.25) is 9.59 Å². The van der Waals surface area contributed by atoms with Crippen LogP contribution in [0.15, 0.2) is 42.5 Å². The molecule has 2 aromatic carbocycles. The number of hydrogen-bond donors (Lipinski definition) is 3. The number of quaternary nitrogens is 1. The van der Waals surface area contributed by atoms with Gasteiger partial charge in [0.15, 0.2) is 6.54 Å². The molecule has 0 saturated heterocycles. The summed E-state index contributed by atoms with van der Waals surface area (Å²) in [5.74, 6) is -0.730. The first-order valence-corrected chi connectivity index (χ1v) is 8.14. The molecule has 0 bridgehead atoms. The van der Waals surface area contributed by atoms with Crippen molar-refractivity contribution >= 4 is 34.8 Å². The van der Waals surface area contributed by atoms with E-state index in [4.69, 9.17) is 11.6 Å². The second-order valence-electron chi connectivity index (χ2n) is 5.82. The maximum Gasteiger partial charge on any atom is 0.279 e. The number of amides is 2. The van der Waals surface area contributed by atoms with E-state index in [2.05, 4.69) is 10.6 Å². The molecule has 0 spiro atoms. The summed E-state index contributed by atoms with van der Waals surface area (Å²) in [5.41, 5.74) is 1.67. The van der Waals surface area contributed by atoms with E-state index in [9.17, 15) is 14.0 Å². The predicted molar refractivity (Wildman–Crippen MR) is 96.2 cm³/mol. The number of likely N-dealkylation sites (N-methyl/N-ethyl adjacent to an activating group) is 1. The van der Waals surface area contributed by atoms with Crippen LogP contribution < -0.4 is 15.5 Å². The van der Waals surface area contributed by atoms with Crippen LogP contribution in [-0.2, 0) is 16.1 Å². The third-order valence-corrected chi connectivity index (χ3v) is 3.85. The van der Waals surface area contributed by atoms with Crippen molar-refractivity contribution in [2.24, 2.45) is 0 Å². The average molecular weight is 365 g/mol. The van der Waals surface area contributed by atoms with Crippen LogP contribution in [0.3, 0.4) is 0 Å². The molecule has 1 unspecified atom stereocenters. The Bertz CT molecular complexity index is 745. The Balaban J connectivity index is 1.90. The van der Waals surface area contributed by atoms with Crippen molar-refractivity contribution in [3.8, 4) is 0 Å². The Morgan fingerprint density at radius 3 is 2.24 bits per heavy atom. The summed E-state index contributed by atoms with van der Waals surface area (Å²) in [6.45, 7) is 1.90. The van der Waals surface area contributed by atoms with Crippen molar-refractivity contribution in [1.82, 2.24) is 0 Å². The second-order valence-corrected chi connectivity index (χ2v) is 6.22. The zero-order chi connectivity index (χ0) is 18.4. The van der Waals surface area contributed by atoms with Gasteiger partial charge in [0.2, 0.25) is 5.91 Å². The highest BCUT2D eigenvalue weighted by atomic mass is 35.5. The van der Waals surface area contributed by atoms with Crippen LogP contribution in [0.1, 0.15) is 12.5 Å². The van der Waals surface area contributed by atoms with E-state index in [-0.39, 0.29) is 24.2 Å². The summed E-state index contributed by atoms with van der Waals surface area (Å²) in [7, 11) is 1.79. The number of benzene rings is 2. The van der Waals surface area contributed by atoms with E-state index in [1.54, 1.807) is 43.4 Å². The van der Waals surface area contributed by atoms with Crippen LogP contribution in [-0.4, -0.2) is 25.4 Å². The van der Waals surface area contributed by atoms with Gasteiger partial charge in [0.1, 0.15) is 12.4 Å². The third kappa shape index (κ3) is 5.85. The number of halogens is 2. The van der Waals surface area contributed by atoms with Crippen LogP contribution in [0, 0.1) is 5.82 Å². The number of nitrogens with one attached hydrogen (secondary N) is 3. The molecule has 0 radical (unpaired) electrons. The Morgan fingerprint density at radius 1 is 1.08 bits per heavy atom. The molecule has 132 valence electrons. The van der Waals surface area contributed by atoms with Crippen LogP contribution in [0.4, 0.5) is 15.8 Å². The van der Waals surface area contributed by atoms with Crippen LogP contribution in [0.5, 0.6) is 0 Å². The highest BCUT2D eigenvalue weighted by Crippen LogP contribution is 2.17. The lowest BCUT2D eigenvalue weighted by Crippen LogP contribution is -3.08. The van der Waals surface area contributed by atoms with Gasteiger partial charge in [0.25, 0.3) is 5.91 Å². The Kier molecular flexibility index (Phi) is 6.50. The maximum atomic E-state index is 13.8. The molecule has 25 heavy (non-hydrogen) atoms. The fourth-order valence-electron chi connectivity index (χ4n) is 2.38. The number of rotatable bonds is 6. The highest BCUT2D eigenvalue weighted by Gasteiger charge is 2.15. The van der Waals surface area contributed by atoms with Gasteiger partial charge >= 0.3 is 0 Å². The van der Waals surface area contributed by atoms with E-state index in [1.165, 1.54) is 13.0 Å². The molecule has 0 heterocycles. The summed E-state index contributed by atoms with van der Waals surface area (Å²) in [6.07, 6.45) is 0. The van der Waals surface area contributed by atoms with Gasteiger partial charge in [-0.05, 0) is 36.4 Å². The predicted octanol–water partition coefficient (Wildman–Crippen LogP) is 2.09. The Morgan fingerprint density at radius 2 is 1.68 bits per heavy atom. The van der Waals surface area contributed by atoms with Crippen molar-refractivity contribution in [3.05, 3.63) is 58.9 Å². The van der Waals surface area contributed by atoms with Gasteiger partial charge in [-0.2, -0.15) is 0 Å². The quantitative estimate of drug-likeness (QED) is 0.735. The molecule has 0 aliphatic heterocycles. The summed E-state index contributed by atoms with van der Waals surface area (Å²) < 4.78 is 13.8. The topological polar surface area (TPSA) is 62.6 Å². The van der Waals surface area contributed by atoms with Crippen LogP contribution in [0.25, 0.3) is 0 Å². The third-order valence-electron chi connectivity index (χ3n) is 3.49. The fraction of sp³-hybridized carbons (Fsp3) is 0.222. The summed E-state index contributed by atoms with van der Waals surface area (Å²) in [4.78, 5) is 23.9. The largest absolute Gasteiger partial charge is 0.326 e. The van der Waals surface area contributed by atoms with Crippen molar-refractivity contribution in [2.45, 2.75) is 13.5 Å². The first-order valence-electron chi connectivity index (χ1n) is 7.77. The fourth-order valence-corrected chi connectivity index (χ4v) is 2.61. The van der Waals surface area contributed by atoms with Gasteiger partial charge in [-0.1, -0.05) is 17.7 Å². The molecule has 0 aromatic heterocycles. The van der Waals surface area contributed by atoms with Gasteiger partial charge in [0.05, 0.1) is 17.6 Å². The normalized spacial score (nSPS) is 11.7. The Labute approximate surface area is 150 Å². The SMILES string of the molecule is CC(=O)Nc1ccc(NC(=O)C[NH+](C)Cc2c(F)cccc2Cl)cc1. The van der Waals surface area contributed by atoms with Crippen molar-refractivity contribution in [1.29, 1.82) is 0 Å². The molecule has 2 amide bonds. The molecular weight excluding hydrogens is 345 g/mol. The molecule has 0 saturated carbocycles. The van der Waals surface area contributed by atoms with E-state index in [0.29, 0.717) is 28.5 Å². The lowest BCUT2D eigenvalue weighted by Gasteiger charge is -2.15. The zero-order valence-electron chi connectivity index (χ0n) is 14.0. The monoisotopic (exact) mass is 364 g/mol.